The first-order valence-electron chi connectivity index (χ1n) is 8.70. The zero-order chi connectivity index (χ0) is 15.8. The lowest BCUT2D eigenvalue weighted by atomic mass is 9.61. The first-order valence-corrected chi connectivity index (χ1v) is 8.70. The Kier molecular flexibility index (Phi) is 2.45. The molecule has 2 fully saturated rings. The van der Waals surface area contributed by atoms with E-state index >= 15 is 0 Å². The fraction of sp³-hybridized carbons (Fsp3) is 0.450. The van der Waals surface area contributed by atoms with Gasteiger partial charge in [0.25, 0.3) is 0 Å². The third kappa shape index (κ3) is 1.38. The van der Waals surface area contributed by atoms with E-state index in [2.05, 4.69) is 49.6 Å². The molecule has 2 saturated heterocycles. The van der Waals surface area contributed by atoms with Crippen LogP contribution < -0.4 is 5.32 Å². The molecule has 4 atom stereocenters. The molecule has 1 N–H and O–H groups in total. The number of hydrogen-bond acceptors (Lipinski definition) is 2. The zero-order valence-electron chi connectivity index (χ0n) is 13.8. The Labute approximate surface area is 137 Å². The first kappa shape index (κ1) is 13.6. The van der Waals surface area contributed by atoms with Crippen LogP contribution in [0.2, 0.25) is 0 Å². The molecule has 3 nitrogen and oxygen atoms in total. The van der Waals surface area contributed by atoms with Gasteiger partial charge >= 0.3 is 0 Å². The van der Waals surface area contributed by atoms with Crippen molar-refractivity contribution in [2.24, 2.45) is 5.92 Å². The van der Waals surface area contributed by atoms with Crippen LogP contribution in [0.5, 0.6) is 0 Å². The van der Waals surface area contributed by atoms with Gasteiger partial charge in [0.1, 0.15) is 18.9 Å². The largest absolute Gasteiger partial charge is 0.357 e. The minimum atomic E-state index is 0.0390. The molecule has 1 spiro atoms. The average Bonchev–Trinajstić information content (AvgIpc) is 3.08. The number of aldehydes is 1. The van der Waals surface area contributed by atoms with E-state index in [1.54, 1.807) is 0 Å². The number of nitrogens with one attached hydrogen (secondary N) is 1. The van der Waals surface area contributed by atoms with Crippen LogP contribution in [-0.4, -0.2) is 36.9 Å². The molecule has 0 radical (unpaired) electrons. The highest BCUT2D eigenvalue weighted by Crippen LogP contribution is 2.62. The highest BCUT2D eigenvalue weighted by Gasteiger charge is 2.67. The van der Waals surface area contributed by atoms with Gasteiger partial charge in [-0.05, 0) is 24.1 Å². The Bertz CT molecular complexity index is 793. The quantitative estimate of drug-likeness (QED) is 0.491. The highest BCUT2D eigenvalue weighted by molar-refractivity contribution is 5.84. The number of carbonyl (C=O) groups is 1. The van der Waals surface area contributed by atoms with E-state index in [0.717, 1.165) is 35.7 Å². The van der Waals surface area contributed by atoms with Crippen molar-refractivity contribution in [3.8, 4) is 0 Å². The molecule has 3 aliphatic heterocycles. The lowest BCUT2D eigenvalue weighted by Gasteiger charge is -2.51. The number of nitrogens with zero attached hydrogens (tertiary/aromatic N) is 1. The number of anilines is 1. The lowest BCUT2D eigenvalue weighted by molar-refractivity contribution is -0.923. The molecule has 118 valence electrons. The van der Waals surface area contributed by atoms with E-state index in [9.17, 15) is 4.79 Å². The Balaban J connectivity index is 1.85. The van der Waals surface area contributed by atoms with Crippen LogP contribution in [0, 0.1) is 5.92 Å². The molecule has 5 rings (SSSR count). The van der Waals surface area contributed by atoms with E-state index in [0.29, 0.717) is 12.0 Å². The highest BCUT2D eigenvalue weighted by atomic mass is 16.1. The smallest absolute Gasteiger partial charge is 0.148 e. The Hall–Kier alpha value is -1.87. The Morgan fingerprint density at radius 1 is 1.35 bits per heavy atom. The van der Waals surface area contributed by atoms with Crippen LogP contribution in [0.4, 0.5) is 5.69 Å². The first-order chi connectivity index (χ1) is 11.1. The third-order valence-corrected chi connectivity index (χ3v) is 7.06. The van der Waals surface area contributed by atoms with Crippen LogP contribution in [0.25, 0.3) is 0 Å². The maximum atomic E-state index is 12.0. The summed E-state index contributed by atoms with van der Waals surface area (Å²) in [7, 11) is 2.42. The molecule has 4 unspecified atom stereocenters. The van der Waals surface area contributed by atoms with Crippen LogP contribution in [0.15, 0.2) is 47.2 Å². The van der Waals surface area contributed by atoms with Crippen molar-refractivity contribution < 1.29 is 9.28 Å². The molecule has 0 aromatic heterocycles. The molecule has 0 amide bonds. The summed E-state index contributed by atoms with van der Waals surface area (Å²) in [4.78, 5) is 12.0. The van der Waals surface area contributed by atoms with Crippen molar-refractivity contribution in [3.05, 3.63) is 52.7 Å². The van der Waals surface area contributed by atoms with Crippen LogP contribution >= 0.6 is 0 Å². The van der Waals surface area contributed by atoms with Crippen molar-refractivity contribution >= 4 is 12.0 Å². The number of allylic oxidation sites excluding steroid dienone is 2. The number of likely N-dealkylation sites (N-methyl/N-ethyl adjacent to an activating group) is 1. The fourth-order valence-electron chi connectivity index (χ4n) is 6.07. The van der Waals surface area contributed by atoms with Gasteiger partial charge in [-0.1, -0.05) is 24.3 Å². The van der Waals surface area contributed by atoms with Crippen LogP contribution in [0.3, 0.4) is 0 Å². The molecular formula is C20H23N2O+. The molecule has 3 heteroatoms. The van der Waals surface area contributed by atoms with Gasteiger partial charge in [0.05, 0.1) is 19.0 Å². The Morgan fingerprint density at radius 2 is 2.17 bits per heavy atom. The topological polar surface area (TPSA) is 29.1 Å². The number of carbonyl (C=O) groups excluding carboxylic acids is 1. The van der Waals surface area contributed by atoms with Gasteiger partial charge < -0.3 is 9.80 Å². The summed E-state index contributed by atoms with van der Waals surface area (Å²) in [5, 5.41) is 3.66. The average molecular weight is 307 g/mol. The predicted molar refractivity (Wildman–Crippen MR) is 91.0 cm³/mol. The molecule has 4 aliphatic rings. The molecule has 1 aromatic rings. The summed E-state index contributed by atoms with van der Waals surface area (Å²) in [5.41, 5.74) is 6.35. The van der Waals surface area contributed by atoms with Gasteiger partial charge in [0, 0.05) is 35.7 Å². The third-order valence-electron chi connectivity index (χ3n) is 7.06. The standard InChI is InChI=1S/C20H22N2O/c1-3-13-11-22(2)9-8-20-16-6-4-5-7-17(16)21-19(20)15(12-23)14(13)10-18(20)22/h3-7,12,14,18H,8-11H2,1-2H3/p+1/b13-3+. The number of benzene rings is 1. The van der Waals surface area contributed by atoms with Gasteiger partial charge in [0.15, 0.2) is 0 Å². The summed E-state index contributed by atoms with van der Waals surface area (Å²) < 4.78 is 1.13. The van der Waals surface area contributed by atoms with Gasteiger partial charge in [-0.15, -0.1) is 0 Å². The minimum Gasteiger partial charge on any atom is -0.357 e. The second-order valence-electron chi connectivity index (χ2n) is 7.87. The SMILES string of the molecule is C/C=C1\C[N+]2(C)CCC34C(=C(C=O)C1CC32)Nc1ccccc14. The molecule has 23 heavy (non-hydrogen) atoms. The molecule has 3 heterocycles. The van der Waals surface area contributed by atoms with Gasteiger partial charge in [-0.3, -0.25) is 4.79 Å². The molecular weight excluding hydrogens is 284 g/mol. The summed E-state index contributed by atoms with van der Waals surface area (Å²) in [6.07, 6.45) is 5.65. The Morgan fingerprint density at radius 3 is 2.96 bits per heavy atom. The molecule has 1 aromatic carbocycles. The van der Waals surface area contributed by atoms with Gasteiger partial charge in [-0.25, -0.2) is 0 Å². The summed E-state index contributed by atoms with van der Waals surface area (Å²) in [6.45, 7) is 4.42. The van der Waals surface area contributed by atoms with Gasteiger partial charge in [0.2, 0.25) is 0 Å². The zero-order valence-corrected chi connectivity index (χ0v) is 13.8. The van der Waals surface area contributed by atoms with E-state index in [1.165, 1.54) is 29.1 Å². The van der Waals surface area contributed by atoms with Gasteiger partial charge in [-0.2, -0.15) is 0 Å². The maximum absolute atomic E-state index is 12.0. The van der Waals surface area contributed by atoms with Crippen molar-refractivity contribution in [3.63, 3.8) is 0 Å². The fourth-order valence-corrected chi connectivity index (χ4v) is 6.07. The monoisotopic (exact) mass is 307 g/mol. The minimum absolute atomic E-state index is 0.0390. The summed E-state index contributed by atoms with van der Waals surface area (Å²) >= 11 is 0. The number of hydrogen-bond donors (Lipinski definition) is 1. The molecule has 0 saturated carbocycles. The van der Waals surface area contributed by atoms with Crippen molar-refractivity contribution in [2.75, 3.05) is 25.5 Å². The molecule has 1 aliphatic carbocycles. The maximum Gasteiger partial charge on any atom is 0.148 e. The normalized spacial score (nSPS) is 41.6. The van der Waals surface area contributed by atoms with E-state index in [1.807, 2.05) is 0 Å². The van der Waals surface area contributed by atoms with Crippen molar-refractivity contribution in [1.82, 2.24) is 0 Å². The van der Waals surface area contributed by atoms with E-state index < -0.39 is 0 Å². The number of fused-ring (bicyclic) bond motifs is 2. The number of piperidine rings is 1. The van der Waals surface area contributed by atoms with E-state index in [-0.39, 0.29) is 5.41 Å². The summed E-state index contributed by atoms with van der Waals surface area (Å²) in [6, 6.07) is 9.27. The number of rotatable bonds is 1. The second kappa shape index (κ2) is 4.15. The number of quaternary nitrogens is 1. The number of para-hydroxylation sites is 1. The second-order valence-corrected chi connectivity index (χ2v) is 7.87. The molecule has 2 bridgehead atoms. The summed E-state index contributed by atoms with van der Waals surface area (Å²) in [5.74, 6) is 0.316. The van der Waals surface area contributed by atoms with Crippen molar-refractivity contribution in [2.45, 2.75) is 31.2 Å². The lowest BCUT2D eigenvalue weighted by Crippen LogP contribution is -2.61. The van der Waals surface area contributed by atoms with Crippen LogP contribution in [-0.2, 0) is 10.2 Å². The predicted octanol–water partition coefficient (Wildman–Crippen LogP) is 3.00. The van der Waals surface area contributed by atoms with E-state index in [4.69, 9.17) is 0 Å². The van der Waals surface area contributed by atoms with Crippen LogP contribution in [0.1, 0.15) is 25.3 Å². The van der Waals surface area contributed by atoms with Crippen molar-refractivity contribution in [1.29, 1.82) is 0 Å².